The Kier molecular flexibility index (Phi) is 6.66. The number of aliphatic imine (C=N–C) groups is 2. The highest BCUT2D eigenvalue weighted by molar-refractivity contribution is 8.03. The molecule has 1 heterocycles. The van der Waals surface area contributed by atoms with Crippen molar-refractivity contribution in [3.05, 3.63) is 34.3 Å². The van der Waals surface area contributed by atoms with E-state index in [9.17, 15) is 0 Å². The molecule has 2 aliphatic rings. The standard InChI is InChI=1S/C14H18N2S.C4H10/c1-9-8-14(2,3)16-13-11(9)6-10(15-4)7-12(13)17-5;1-3-4-2/h6-8H,1-5H3;3-4H2,1-2H3. The number of thioether (sulfide) groups is 1. The second-order valence-electron chi connectivity index (χ2n) is 5.86. The minimum absolute atomic E-state index is 0.105. The average Bonchev–Trinajstić information content (AvgIpc) is 2.45. The third-order valence-corrected chi connectivity index (χ3v) is 4.18. The van der Waals surface area contributed by atoms with E-state index in [1.54, 1.807) is 11.8 Å². The van der Waals surface area contributed by atoms with Gasteiger partial charge in [-0.05, 0) is 44.8 Å². The van der Waals surface area contributed by atoms with Gasteiger partial charge in [0.05, 0.1) is 17.0 Å². The number of hydrogen-bond donors (Lipinski definition) is 0. The number of fused-ring (bicyclic) bond motifs is 1. The Morgan fingerprint density at radius 3 is 2.29 bits per heavy atom. The Hall–Kier alpha value is -1.09. The first-order valence-corrected chi connectivity index (χ1v) is 8.85. The second-order valence-corrected chi connectivity index (χ2v) is 6.71. The van der Waals surface area contributed by atoms with E-state index in [0.717, 1.165) is 11.4 Å². The predicted octanol–water partition coefficient (Wildman–Crippen LogP) is 5.23. The lowest BCUT2D eigenvalue weighted by Gasteiger charge is -2.29. The van der Waals surface area contributed by atoms with Gasteiger partial charge in [-0.1, -0.05) is 32.8 Å². The lowest BCUT2D eigenvalue weighted by molar-refractivity contribution is 0.648. The number of dihydropyridines is 1. The number of nitrogens with zero attached hydrogens (tertiary/aromatic N) is 2. The molecule has 0 atom stereocenters. The second kappa shape index (κ2) is 7.79. The molecule has 1 aliphatic heterocycles. The zero-order valence-corrected chi connectivity index (χ0v) is 15.3. The van der Waals surface area contributed by atoms with Gasteiger partial charge >= 0.3 is 0 Å². The first-order chi connectivity index (χ1) is 9.88. The van der Waals surface area contributed by atoms with Crippen molar-refractivity contribution in [3.8, 4) is 0 Å². The summed E-state index contributed by atoms with van der Waals surface area (Å²) in [5.41, 5.74) is 4.55. The summed E-state index contributed by atoms with van der Waals surface area (Å²) in [5.74, 6) is 0. The molecule has 0 bridgehead atoms. The van der Waals surface area contributed by atoms with Crippen molar-refractivity contribution >= 4 is 23.2 Å². The molecule has 0 saturated heterocycles. The molecule has 116 valence electrons. The SMILES string of the molecule is CCCC.CN=C1C=C(SC)C2=NC(C)(C)C=C(C)C2=C1. The maximum atomic E-state index is 4.84. The molecule has 0 amide bonds. The zero-order valence-electron chi connectivity index (χ0n) is 14.4. The molecule has 3 heteroatoms. The van der Waals surface area contributed by atoms with Gasteiger partial charge in [0.25, 0.3) is 0 Å². The van der Waals surface area contributed by atoms with Crippen molar-refractivity contribution in [3.63, 3.8) is 0 Å². The van der Waals surface area contributed by atoms with E-state index in [4.69, 9.17) is 4.99 Å². The van der Waals surface area contributed by atoms with Gasteiger partial charge in [-0.2, -0.15) is 0 Å². The summed E-state index contributed by atoms with van der Waals surface area (Å²) in [5, 5.41) is 0. The van der Waals surface area contributed by atoms with Crippen molar-refractivity contribution in [2.24, 2.45) is 9.98 Å². The van der Waals surface area contributed by atoms with Crippen LogP contribution in [0.4, 0.5) is 0 Å². The zero-order chi connectivity index (χ0) is 16.0. The first kappa shape index (κ1) is 18.0. The van der Waals surface area contributed by atoms with Crippen LogP contribution in [0.15, 0.2) is 44.3 Å². The first-order valence-electron chi connectivity index (χ1n) is 7.63. The van der Waals surface area contributed by atoms with E-state index >= 15 is 0 Å². The molecule has 0 aromatic heterocycles. The lowest BCUT2D eigenvalue weighted by Crippen LogP contribution is -2.26. The van der Waals surface area contributed by atoms with Crippen LogP contribution >= 0.6 is 11.8 Å². The van der Waals surface area contributed by atoms with Crippen molar-refractivity contribution in [1.29, 1.82) is 0 Å². The summed E-state index contributed by atoms with van der Waals surface area (Å²) in [7, 11) is 1.83. The van der Waals surface area contributed by atoms with Crippen LogP contribution in [0.1, 0.15) is 47.5 Å². The van der Waals surface area contributed by atoms with Crippen LogP contribution in [0.5, 0.6) is 0 Å². The molecule has 1 aliphatic carbocycles. The molecule has 21 heavy (non-hydrogen) atoms. The van der Waals surface area contributed by atoms with E-state index in [1.165, 1.54) is 28.9 Å². The van der Waals surface area contributed by atoms with E-state index in [2.05, 4.69) is 64.1 Å². The maximum absolute atomic E-state index is 4.84. The van der Waals surface area contributed by atoms with Crippen molar-refractivity contribution in [2.45, 2.75) is 53.0 Å². The fourth-order valence-electron chi connectivity index (χ4n) is 2.22. The largest absolute Gasteiger partial charge is 0.289 e. The molecule has 0 N–H and O–H groups in total. The molecule has 0 unspecified atom stereocenters. The minimum atomic E-state index is -0.105. The van der Waals surface area contributed by atoms with Crippen LogP contribution < -0.4 is 0 Å². The normalized spacial score (nSPS) is 21.4. The fourth-order valence-corrected chi connectivity index (χ4v) is 2.81. The Morgan fingerprint density at radius 2 is 1.81 bits per heavy atom. The van der Waals surface area contributed by atoms with Crippen LogP contribution in [0, 0.1) is 0 Å². The summed E-state index contributed by atoms with van der Waals surface area (Å²) in [6.45, 7) is 10.8. The van der Waals surface area contributed by atoms with Gasteiger partial charge in [-0.3, -0.25) is 9.98 Å². The van der Waals surface area contributed by atoms with Crippen molar-refractivity contribution in [1.82, 2.24) is 0 Å². The van der Waals surface area contributed by atoms with Gasteiger partial charge in [-0.25, -0.2) is 0 Å². The Balaban J connectivity index is 0.000000491. The summed E-state index contributed by atoms with van der Waals surface area (Å²) in [6.07, 6.45) is 11.2. The van der Waals surface area contributed by atoms with Crippen LogP contribution in [0.2, 0.25) is 0 Å². The summed E-state index contributed by atoms with van der Waals surface area (Å²) >= 11 is 1.73. The molecular weight excluding hydrogens is 276 g/mol. The summed E-state index contributed by atoms with van der Waals surface area (Å²) in [6, 6.07) is 0. The van der Waals surface area contributed by atoms with E-state index in [-0.39, 0.29) is 5.54 Å². The van der Waals surface area contributed by atoms with Gasteiger partial charge in [0.2, 0.25) is 0 Å². The van der Waals surface area contributed by atoms with E-state index < -0.39 is 0 Å². The van der Waals surface area contributed by atoms with Crippen molar-refractivity contribution < 1.29 is 0 Å². The number of unbranched alkanes of at least 4 members (excludes halogenated alkanes) is 1. The van der Waals surface area contributed by atoms with E-state index in [0.29, 0.717) is 0 Å². The van der Waals surface area contributed by atoms with E-state index in [1.807, 2.05) is 7.05 Å². The van der Waals surface area contributed by atoms with Crippen LogP contribution in [-0.4, -0.2) is 30.3 Å². The Labute approximate surface area is 134 Å². The summed E-state index contributed by atoms with van der Waals surface area (Å²) in [4.78, 5) is 10.3. The molecule has 0 fully saturated rings. The van der Waals surface area contributed by atoms with Crippen LogP contribution in [0.25, 0.3) is 0 Å². The van der Waals surface area contributed by atoms with Gasteiger partial charge < -0.3 is 0 Å². The predicted molar refractivity (Wildman–Crippen MR) is 98.9 cm³/mol. The molecule has 0 aromatic rings. The topological polar surface area (TPSA) is 24.7 Å². The number of allylic oxidation sites excluding steroid dienone is 5. The molecular formula is C18H28N2S. The third kappa shape index (κ3) is 4.70. The Bertz CT molecular complexity index is 529. The van der Waals surface area contributed by atoms with Crippen molar-refractivity contribution in [2.75, 3.05) is 13.3 Å². The highest BCUT2D eigenvalue weighted by Gasteiger charge is 2.27. The third-order valence-electron chi connectivity index (χ3n) is 3.43. The van der Waals surface area contributed by atoms with Gasteiger partial charge in [0.1, 0.15) is 0 Å². The summed E-state index contributed by atoms with van der Waals surface area (Å²) < 4.78 is 0. The van der Waals surface area contributed by atoms with Gasteiger partial charge in [0, 0.05) is 17.5 Å². The molecule has 2 rings (SSSR count). The molecule has 0 spiro atoms. The quantitative estimate of drug-likeness (QED) is 0.641. The molecule has 0 radical (unpaired) electrons. The Morgan fingerprint density at radius 1 is 1.19 bits per heavy atom. The van der Waals surface area contributed by atoms with Crippen LogP contribution in [-0.2, 0) is 0 Å². The average molecular weight is 305 g/mol. The van der Waals surface area contributed by atoms with Crippen LogP contribution in [0.3, 0.4) is 0 Å². The molecule has 0 saturated carbocycles. The lowest BCUT2D eigenvalue weighted by atomic mass is 9.88. The molecule has 2 nitrogen and oxygen atoms in total. The molecule has 0 aromatic carbocycles. The minimum Gasteiger partial charge on any atom is -0.289 e. The number of hydrogen-bond acceptors (Lipinski definition) is 3. The monoisotopic (exact) mass is 304 g/mol. The highest BCUT2D eigenvalue weighted by atomic mass is 32.2. The van der Waals surface area contributed by atoms with Gasteiger partial charge in [-0.15, -0.1) is 11.8 Å². The number of rotatable bonds is 2. The highest BCUT2D eigenvalue weighted by Crippen LogP contribution is 2.34. The van der Waals surface area contributed by atoms with Gasteiger partial charge in [0.15, 0.2) is 0 Å². The fraction of sp³-hybridized carbons (Fsp3) is 0.556. The smallest absolute Gasteiger partial charge is 0.0796 e. The maximum Gasteiger partial charge on any atom is 0.0796 e.